The van der Waals surface area contributed by atoms with E-state index in [-0.39, 0.29) is 18.8 Å². The number of nitrogens with zero attached hydrogens (tertiary/aromatic N) is 2. The Hall–Kier alpha value is -2.37. The quantitative estimate of drug-likeness (QED) is 0.573. The van der Waals surface area contributed by atoms with Gasteiger partial charge in [-0.1, -0.05) is 0 Å². The van der Waals surface area contributed by atoms with Gasteiger partial charge in [-0.25, -0.2) is 4.79 Å². The number of aliphatic hydroxyl groups excluding tert-OH is 1. The van der Waals surface area contributed by atoms with Gasteiger partial charge in [-0.3, -0.25) is 14.3 Å². The van der Waals surface area contributed by atoms with Gasteiger partial charge >= 0.3 is 5.69 Å². The third-order valence-electron chi connectivity index (χ3n) is 3.23. The predicted octanol–water partition coefficient (Wildman–Crippen LogP) is -0.453. The summed E-state index contributed by atoms with van der Waals surface area (Å²) < 4.78 is 12.1. The van der Waals surface area contributed by atoms with Crippen LogP contribution in [0.25, 0.3) is 0 Å². The highest BCUT2D eigenvalue weighted by Crippen LogP contribution is 2.30. The Morgan fingerprint density at radius 1 is 1.71 bits per heavy atom. The van der Waals surface area contributed by atoms with Gasteiger partial charge in [-0.05, 0) is 13.5 Å². The molecule has 112 valence electrons. The lowest BCUT2D eigenvalue weighted by atomic mass is 10.2. The number of aliphatic hydroxyl groups is 1. The second kappa shape index (κ2) is 5.95. The van der Waals surface area contributed by atoms with Crippen LogP contribution in [0.4, 0.5) is 0 Å². The van der Waals surface area contributed by atoms with Crippen LogP contribution in [0.15, 0.2) is 28.1 Å². The molecule has 8 heteroatoms. The predicted molar refractivity (Wildman–Crippen MR) is 71.3 cm³/mol. The molecule has 0 aliphatic carbocycles. The standard InChI is InChI=1S/C13H15N3O5/c1-7-5-16(13(19)15-12(7)18)11-3-9(10(6-17)21-11)20-8(2)4-14/h5,9-11,17H,2-3,6H2,1H3,(H,15,18,19)/t9-,10+,11+/m0/s1. The fourth-order valence-electron chi connectivity index (χ4n) is 2.17. The third-order valence-corrected chi connectivity index (χ3v) is 3.23. The van der Waals surface area contributed by atoms with Crippen LogP contribution in [0.1, 0.15) is 18.2 Å². The number of rotatable bonds is 4. The second-order valence-electron chi connectivity index (χ2n) is 4.72. The van der Waals surface area contributed by atoms with Crippen LogP contribution in [0.2, 0.25) is 0 Å². The molecule has 3 atom stereocenters. The molecular weight excluding hydrogens is 278 g/mol. The molecule has 0 bridgehead atoms. The minimum absolute atomic E-state index is 0.0901. The fourth-order valence-corrected chi connectivity index (χ4v) is 2.17. The average molecular weight is 293 g/mol. The third kappa shape index (κ3) is 3.04. The van der Waals surface area contributed by atoms with Crippen molar-refractivity contribution in [3.05, 3.63) is 44.9 Å². The van der Waals surface area contributed by atoms with Gasteiger partial charge in [-0.2, -0.15) is 5.26 Å². The van der Waals surface area contributed by atoms with Crippen molar-refractivity contribution >= 4 is 0 Å². The first-order valence-electron chi connectivity index (χ1n) is 6.30. The van der Waals surface area contributed by atoms with Crippen LogP contribution in [0.5, 0.6) is 0 Å². The Balaban J connectivity index is 2.26. The maximum absolute atomic E-state index is 11.8. The molecule has 0 amide bonds. The van der Waals surface area contributed by atoms with Gasteiger partial charge < -0.3 is 14.6 Å². The lowest BCUT2D eigenvalue weighted by molar-refractivity contribution is -0.0499. The Morgan fingerprint density at radius 3 is 3.05 bits per heavy atom. The van der Waals surface area contributed by atoms with Crippen LogP contribution in [-0.2, 0) is 9.47 Å². The molecule has 2 rings (SSSR count). The summed E-state index contributed by atoms with van der Waals surface area (Å²) in [5, 5.41) is 18.0. The molecule has 1 aliphatic heterocycles. The van der Waals surface area contributed by atoms with Crippen molar-refractivity contribution in [3.63, 3.8) is 0 Å². The van der Waals surface area contributed by atoms with Crippen molar-refractivity contribution in [1.29, 1.82) is 5.26 Å². The molecule has 0 radical (unpaired) electrons. The fraction of sp³-hybridized carbons (Fsp3) is 0.462. The molecule has 1 aromatic heterocycles. The van der Waals surface area contributed by atoms with E-state index in [4.69, 9.17) is 14.7 Å². The number of aromatic nitrogens is 2. The number of aromatic amines is 1. The second-order valence-corrected chi connectivity index (χ2v) is 4.72. The summed E-state index contributed by atoms with van der Waals surface area (Å²) in [7, 11) is 0. The van der Waals surface area contributed by atoms with E-state index >= 15 is 0 Å². The molecular formula is C13H15N3O5. The van der Waals surface area contributed by atoms with Gasteiger partial charge in [0.2, 0.25) is 0 Å². The molecule has 1 saturated heterocycles. The Kier molecular flexibility index (Phi) is 4.26. The number of hydrogen-bond acceptors (Lipinski definition) is 6. The van der Waals surface area contributed by atoms with Crippen molar-refractivity contribution in [2.24, 2.45) is 0 Å². The number of allylic oxidation sites excluding steroid dienone is 1. The first kappa shape index (κ1) is 15.0. The van der Waals surface area contributed by atoms with E-state index in [0.29, 0.717) is 5.56 Å². The van der Waals surface area contributed by atoms with Crippen LogP contribution in [-0.4, -0.2) is 33.5 Å². The molecule has 21 heavy (non-hydrogen) atoms. The van der Waals surface area contributed by atoms with E-state index in [2.05, 4.69) is 11.6 Å². The molecule has 2 heterocycles. The van der Waals surface area contributed by atoms with Gasteiger partial charge in [0.15, 0.2) is 5.76 Å². The zero-order chi connectivity index (χ0) is 15.6. The Labute approximate surface area is 119 Å². The Morgan fingerprint density at radius 2 is 2.43 bits per heavy atom. The zero-order valence-electron chi connectivity index (χ0n) is 11.4. The maximum atomic E-state index is 11.8. The van der Waals surface area contributed by atoms with Crippen molar-refractivity contribution in [2.45, 2.75) is 31.8 Å². The summed E-state index contributed by atoms with van der Waals surface area (Å²) in [5.74, 6) is -0.0901. The molecule has 1 aromatic rings. The van der Waals surface area contributed by atoms with Crippen LogP contribution in [0.3, 0.4) is 0 Å². The van der Waals surface area contributed by atoms with Crippen molar-refractivity contribution in [2.75, 3.05) is 6.61 Å². The van der Waals surface area contributed by atoms with Crippen LogP contribution >= 0.6 is 0 Å². The molecule has 8 nitrogen and oxygen atoms in total. The lowest BCUT2D eigenvalue weighted by Crippen LogP contribution is -2.33. The highest BCUT2D eigenvalue weighted by atomic mass is 16.6. The van der Waals surface area contributed by atoms with Gasteiger partial charge in [0.05, 0.1) is 6.61 Å². The molecule has 0 unspecified atom stereocenters. The number of nitrogens with one attached hydrogen (secondary N) is 1. The largest absolute Gasteiger partial charge is 0.478 e. The van der Waals surface area contributed by atoms with E-state index in [1.54, 1.807) is 13.0 Å². The molecule has 1 aliphatic rings. The monoisotopic (exact) mass is 293 g/mol. The summed E-state index contributed by atoms with van der Waals surface area (Å²) in [6.45, 7) is 4.66. The minimum atomic E-state index is -0.693. The summed E-state index contributed by atoms with van der Waals surface area (Å²) in [6.07, 6.45) is -0.328. The Bertz CT molecular complexity index is 699. The summed E-state index contributed by atoms with van der Waals surface area (Å²) >= 11 is 0. The van der Waals surface area contributed by atoms with E-state index in [1.807, 2.05) is 0 Å². The highest BCUT2D eigenvalue weighted by molar-refractivity contribution is 5.08. The minimum Gasteiger partial charge on any atom is -0.478 e. The molecule has 0 saturated carbocycles. The van der Waals surface area contributed by atoms with E-state index in [9.17, 15) is 14.7 Å². The van der Waals surface area contributed by atoms with Gasteiger partial charge in [-0.15, -0.1) is 0 Å². The normalized spacial score (nSPS) is 24.5. The summed E-state index contributed by atoms with van der Waals surface area (Å²) in [6, 6.07) is 1.75. The van der Waals surface area contributed by atoms with Gasteiger partial charge in [0.25, 0.3) is 5.56 Å². The first-order valence-corrected chi connectivity index (χ1v) is 6.30. The zero-order valence-corrected chi connectivity index (χ0v) is 11.4. The summed E-state index contributed by atoms with van der Waals surface area (Å²) in [4.78, 5) is 25.3. The highest BCUT2D eigenvalue weighted by Gasteiger charge is 2.38. The van der Waals surface area contributed by atoms with E-state index in [1.165, 1.54) is 10.8 Å². The number of H-pyrrole nitrogens is 1. The summed E-state index contributed by atoms with van der Waals surface area (Å²) in [5.41, 5.74) is -0.699. The number of ether oxygens (including phenoxy) is 2. The van der Waals surface area contributed by atoms with Crippen molar-refractivity contribution in [3.8, 4) is 6.07 Å². The molecule has 0 aromatic carbocycles. The average Bonchev–Trinajstić information content (AvgIpc) is 2.85. The van der Waals surface area contributed by atoms with Gasteiger partial charge in [0.1, 0.15) is 24.5 Å². The first-order chi connectivity index (χ1) is 9.96. The number of hydrogen-bond donors (Lipinski definition) is 2. The van der Waals surface area contributed by atoms with Crippen molar-refractivity contribution < 1.29 is 14.6 Å². The SMILES string of the molecule is C=C(C#N)O[C@H]1C[C@H](n2cc(C)c(=O)[nH]c2=O)O[C@@H]1CO. The number of nitriles is 1. The number of aryl methyl sites for hydroxylation is 1. The van der Waals surface area contributed by atoms with E-state index < -0.39 is 29.7 Å². The molecule has 2 N–H and O–H groups in total. The van der Waals surface area contributed by atoms with Crippen LogP contribution in [0, 0.1) is 18.3 Å². The van der Waals surface area contributed by atoms with Gasteiger partial charge in [0, 0.05) is 18.2 Å². The van der Waals surface area contributed by atoms with Crippen LogP contribution < -0.4 is 11.2 Å². The topological polar surface area (TPSA) is 117 Å². The molecule has 0 spiro atoms. The lowest BCUT2D eigenvalue weighted by Gasteiger charge is -2.16. The smallest absolute Gasteiger partial charge is 0.330 e. The molecule has 1 fully saturated rings. The maximum Gasteiger partial charge on any atom is 0.330 e. The van der Waals surface area contributed by atoms with Crippen molar-refractivity contribution in [1.82, 2.24) is 9.55 Å². The van der Waals surface area contributed by atoms with E-state index in [0.717, 1.165) is 0 Å².